The van der Waals surface area contributed by atoms with Crippen LogP contribution in [0.1, 0.15) is 19.8 Å². The van der Waals surface area contributed by atoms with Crippen molar-refractivity contribution in [2.24, 2.45) is 10.9 Å². The monoisotopic (exact) mass is 336 g/mol. The van der Waals surface area contributed by atoms with Crippen LogP contribution >= 0.6 is 0 Å². The second kappa shape index (κ2) is 8.73. The minimum Gasteiger partial charge on any atom is -0.379 e. The summed E-state index contributed by atoms with van der Waals surface area (Å²) in [4.78, 5) is 8.64. The van der Waals surface area contributed by atoms with Crippen LogP contribution in [0.3, 0.4) is 0 Å². The lowest BCUT2D eigenvalue weighted by Gasteiger charge is -2.29. The van der Waals surface area contributed by atoms with Gasteiger partial charge in [0.1, 0.15) is 0 Å². The summed E-state index contributed by atoms with van der Waals surface area (Å²) in [6, 6.07) is 0. The molecule has 0 saturated carbocycles. The van der Waals surface area contributed by atoms with Gasteiger partial charge in [-0.3, -0.25) is 9.89 Å². The third kappa shape index (κ3) is 6.55. The molecule has 2 heterocycles. The van der Waals surface area contributed by atoms with Crippen molar-refractivity contribution in [1.29, 1.82) is 0 Å². The number of hydrogen-bond acceptors (Lipinski definition) is 3. The van der Waals surface area contributed by atoms with Gasteiger partial charge in [-0.1, -0.05) is 0 Å². The number of alkyl halides is 3. The second-order valence-corrected chi connectivity index (χ2v) is 6.11. The number of likely N-dealkylation sites (tertiary alicyclic amines) is 1. The zero-order valence-electron chi connectivity index (χ0n) is 13.7. The number of nitrogens with zero attached hydrogens (tertiary/aromatic N) is 3. The van der Waals surface area contributed by atoms with E-state index in [0.29, 0.717) is 18.4 Å². The lowest BCUT2D eigenvalue weighted by atomic mass is 10.1. The van der Waals surface area contributed by atoms with E-state index < -0.39 is 12.6 Å². The van der Waals surface area contributed by atoms with Crippen molar-refractivity contribution in [2.45, 2.75) is 25.9 Å². The molecule has 0 aromatic carbocycles. The van der Waals surface area contributed by atoms with E-state index in [1.54, 1.807) is 0 Å². The lowest BCUT2D eigenvalue weighted by Crippen LogP contribution is -2.42. The molecule has 0 aromatic rings. The molecule has 2 saturated heterocycles. The molecule has 1 N–H and O–H groups in total. The highest BCUT2D eigenvalue weighted by Gasteiger charge is 2.28. The predicted octanol–water partition coefficient (Wildman–Crippen LogP) is 1.56. The van der Waals surface area contributed by atoms with Gasteiger partial charge in [0.15, 0.2) is 5.96 Å². The molecular formula is C15H27F3N4O. The number of hydrogen-bond donors (Lipinski definition) is 1. The summed E-state index contributed by atoms with van der Waals surface area (Å²) in [5, 5.41) is 3.11. The third-order valence-electron chi connectivity index (χ3n) is 4.20. The Kier molecular flexibility index (Phi) is 6.95. The third-order valence-corrected chi connectivity index (χ3v) is 4.20. The first-order valence-electron chi connectivity index (χ1n) is 8.38. The summed E-state index contributed by atoms with van der Waals surface area (Å²) in [6.07, 6.45) is -3.96. The van der Waals surface area contributed by atoms with E-state index >= 15 is 0 Å². The smallest absolute Gasteiger partial charge is 0.379 e. The van der Waals surface area contributed by atoms with E-state index in [1.165, 1.54) is 0 Å². The minimum atomic E-state index is -4.15. The van der Waals surface area contributed by atoms with Gasteiger partial charge in [-0.25, -0.2) is 0 Å². The average Bonchev–Trinajstić information content (AvgIpc) is 2.94. The molecule has 0 aliphatic carbocycles. The molecule has 1 atom stereocenters. The number of guanidine groups is 1. The Morgan fingerprint density at radius 1 is 1.26 bits per heavy atom. The van der Waals surface area contributed by atoms with Gasteiger partial charge < -0.3 is 15.0 Å². The average molecular weight is 336 g/mol. The van der Waals surface area contributed by atoms with Gasteiger partial charge in [0.2, 0.25) is 0 Å². The standard InChI is InChI=1S/C15H27F3N4O/c1-2-19-14(20-5-4-15(16,17)18)22-6-3-13(12-22)11-21-7-9-23-10-8-21/h13H,2-12H2,1H3,(H,19,20). The van der Waals surface area contributed by atoms with Crippen molar-refractivity contribution < 1.29 is 17.9 Å². The molecule has 0 radical (unpaired) electrons. The van der Waals surface area contributed by atoms with Crippen molar-refractivity contribution in [3.63, 3.8) is 0 Å². The van der Waals surface area contributed by atoms with Gasteiger partial charge in [-0.15, -0.1) is 0 Å². The van der Waals surface area contributed by atoms with Gasteiger partial charge in [0, 0.05) is 39.3 Å². The molecule has 0 spiro atoms. The molecule has 0 bridgehead atoms. The zero-order chi connectivity index (χ0) is 16.7. The SMILES string of the molecule is CCNC(=NCCC(F)(F)F)N1CCC(CN2CCOCC2)C1. The molecule has 1 unspecified atom stereocenters. The molecule has 2 aliphatic heterocycles. The minimum absolute atomic E-state index is 0.212. The fourth-order valence-electron chi connectivity index (χ4n) is 3.04. The quantitative estimate of drug-likeness (QED) is 0.611. The summed E-state index contributed by atoms with van der Waals surface area (Å²) < 4.78 is 42.2. The summed E-state index contributed by atoms with van der Waals surface area (Å²) in [5.41, 5.74) is 0. The number of nitrogens with one attached hydrogen (secondary N) is 1. The van der Waals surface area contributed by atoms with Crippen LogP contribution in [0.25, 0.3) is 0 Å². The number of ether oxygens (including phenoxy) is 1. The fraction of sp³-hybridized carbons (Fsp3) is 0.933. The van der Waals surface area contributed by atoms with E-state index in [2.05, 4.69) is 20.1 Å². The van der Waals surface area contributed by atoms with Gasteiger partial charge in [0.05, 0.1) is 26.2 Å². The molecule has 2 rings (SSSR count). The molecule has 0 aromatic heterocycles. The van der Waals surface area contributed by atoms with Crippen LogP contribution in [0, 0.1) is 5.92 Å². The largest absolute Gasteiger partial charge is 0.390 e. The van der Waals surface area contributed by atoms with Crippen LogP contribution in [0.2, 0.25) is 0 Å². The highest BCUT2D eigenvalue weighted by molar-refractivity contribution is 5.80. The maximum absolute atomic E-state index is 12.3. The van der Waals surface area contributed by atoms with Crippen molar-refractivity contribution >= 4 is 5.96 Å². The van der Waals surface area contributed by atoms with Crippen LogP contribution in [0.15, 0.2) is 4.99 Å². The molecule has 23 heavy (non-hydrogen) atoms. The Morgan fingerprint density at radius 2 is 2.00 bits per heavy atom. The lowest BCUT2D eigenvalue weighted by molar-refractivity contribution is -0.132. The van der Waals surface area contributed by atoms with Crippen LogP contribution in [-0.2, 0) is 4.74 Å². The normalized spacial score (nSPS) is 24.3. The van der Waals surface area contributed by atoms with Gasteiger partial charge in [-0.05, 0) is 19.3 Å². The first kappa shape index (κ1) is 18.3. The first-order chi connectivity index (χ1) is 11.0. The fourth-order valence-corrected chi connectivity index (χ4v) is 3.04. The van der Waals surface area contributed by atoms with Crippen LogP contribution in [0.4, 0.5) is 13.2 Å². The van der Waals surface area contributed by atoms with Crippen LogP contribution in [-0.4, -0.2) is 81.0 Å². The van der Waals surface area contributed by atoms with Crippen molar-refractivity contribution in [3.05, 3.63) is 0 Å². The topological polar surface area (TPSA) is 40.1 Å². The van der Waals surface area contributed by atoms with E-state index in [4.69, 9.17) is 4.74 Å². The maximum atomic E-state index is 12.3. The van der Waals surface area contributed by atoms with Gasteiger partial charge >= 0.3 is 6.18 Å². The van der Waals surface area contributed by atoms with E-state index in [1.807, 2.05) is 6.92 Å². The Balaban J connectivity index is 1.81. The molecule has 2 aliphatic rings. The summed E-state index contributed by atoms with van der Waals surface area (Å²) in [5.74, 6) is 1.15. The number of morpholine rings is 1. The van der Waals surface area contributed by atoms with Gasteiger partial charge in [-0.2, -0.15) is 13.2 Å². The van der Waals surface area contributed by atoms with E-state index in [-0.39, 0.29) is 6.54 Å². The highest BCUT2D eigenvalue weighted by Crippen LogP contribution is 2.20. The molecule has 0 amide bonds. The number of rotatable bonds is 5. The Bertz CT molecular complexity index is 383. The maximum Gasteiger partial charge on any atom is 0.390 e. The number of aliphatic imine (C=N–C) groups is 1. The van der Waals surface area contributed by atoms with E-state index in [9.17, 15) is 13.2 Å². The molecule has 134 valence electrons. The molecule has 2 fully saturated rings. The van der Waals surface area contributed by atoms with Crippen molar-refractivity contribution in [2.75, 3.05) is 59.0 Å². The molecular weight excluding hydrogens is 309 g/mol. The summed E-state index contributed by atoms with van der Waals surface area (Å²) in [6.45, 7) is 8.64. The van der Waals surface area contributed by atoms with Crippen LogP contribution in [0.5, 0.6) is 0 Å². The number of halogens is 3. The van der Waals surface area contributed by atoms with Crippen LogP contribution < -0.4 is 5.32 Å². The summed E-state index contributed by atoms with van der Waals surface area (Å²) in [7, 11) is 0. The van der Waals surface area contributed by atoms with Gasteiger partial charge in [0.25, 0.3) is 0 Å². The zero-order valence-corrected chi connectivity index (χ0v) is 13.7. The first-order valence-corrected chi connectivity index (χ1v) is 8.38. The highest BCUT2D eigenvalue weighted by atomic mass is 19.4. The molecule has 8 heteroatoms. The Labute approximate surface area is 135 Å². The Hall–Kier alpha value is -1.02. The molecule has 5 nitrogen and oxygen atoms in total. The predicted molar refractivity (Wildman–Crippen MR) is 83.6 cm³/mol. The van der Waals surface area contributed by atoms with Crippen molar-refractivity contribution in [1.82, 2.24) is 15.1 Å². The Morgan fingerprint density at radius 3 is 2.65 bits per heavy atom. The van der Waals surface area contributed by atoms with Crippen molar-refractivity contribution in [3.8, 4) is 0 Å². The second-order valence-electron chi connectivity index (χ2n) is 6.11. The van der Waals surface area contributed by atoms with E-state index in [0.717, 1.165) is 52.4 Å². The summed E-state index contributed by atoms with van der Waals surface area (Å²) >= 11 is 0.